The molecule has 10 heteroatoms. The summed E-state index contributed by atoms with van der Waals surface area (Å²) in [5.74, 6) is -0.975. The molecule has 0 saturated carbocycles. The van der Waals surface area contributed by atoms with Crippen molar-refractivity contribution in [2.45, 2.75) is 18.4 Å². The Labute approximate surface area is 123 Å². The van der Waals surface area contributed by atoms with Crippen LogP contribution in [0.3, 0.4) is 0 Å². The van der Waals surface area contributed by atoms with E-state index in [0.717, 1.165) is 18.2 Å². The van der Waals surface area contributed by atoms with Gasteiger partial charge in [0.05, 0.1) is 10.6 Å². The molecule has 21 heavy (non-hydrogen) atoms. The molecule has 7 nitrogen and oxygen atoms in total. The maximum Gasteiger partial charge on any atom is 0.240 e. The fourth-order valence-corrected chi connectivity index (χ4v) is 3.73. The van der Waals surface area contributed by atoms with E-state index in [2.05, 4.69) is 9.44 Å². The van der Waals surface area contributed by atoms with E-state index in [0.29, 0.717) is 0 Å². The lowest BCUT2D eigenvalue weighted by atomic mass is 10.2. The molecule has 0 bridgehead atoms. The molecule has 0 atom stereocenters. The summed E-state index contributed by atoms with van der Waals surface area (Å²) in [5, 5.41) is 0. The van der Waals surface area contributed by atoms with Gasteiger partial charge in [0.2, 0.25) is 20.0 Å². The van der Waals surface area contributed by atoms with Crippen molar-refractivity contribution in [2.75, 3.05) is 18.8 Å². The third-order valence-electron chi connectivity index (χ3n) is 2.57. The quantitative estimate of drug-likeness (QED) is 0.590. The van der Waals surface area contributed by atoms with Gasteiger partial charge in [0.15, 0.2) is 0 Å². The van der Waals surface area contributed by atoms with Crippen molar-refractivity contribution in [1.82, 2.24) is 9.44 Å². The lowest BCUT2D eigenvalue weighted by Gasteiger charge is -2.09. The van der Waals surface area contributed by atoms with Gasteiger partial charge in [0, 0.05) is 25.2 Å². The summed E-state index contributed by atoms with van der Waals surface area (Å²) < 4.78 is 64.4. The zero-order valence-corrected chi connectivity index (χ0v) is 13.1. The van der Waals surface area contributed by atoms with Crippen molar-refractivity contribution in [3.05, 3.63) is 29.6 Å². The largest absolute Gasteiger partial charge is 0.326 e. The minimum atomic E-state index is -3.91. The van der Waals surface area contributed by atoms with E-state index in [1.54, 1.807) is 6.92 Å². The highest BCUT2D eigenvalue weighted by Crippen LogP contribution is 2.14. The molecule has 0 fully saturated rings. The fourth-order valence-electron chi connectivity index (χ4n) is 1.56. The minimum Gasteiger partial charge on any atom is -0.326 e. The molecule has 0 radical (unpaired) electrons. The Hall–Kier alpha value is -1.07. The Morgan fingerprint density at radius 2 is 1.86 bits per heavy atom. The molecule has 0 saturated heterocycles. The van der Waals surface area contributed by atoms with Crippen LogP contribution in [0.25, 0.3) is 0 Å². The summed E-state index contributed by atoms with van der Waals surface area (Å²) in [6.07, 6.45) is 0. The molecule has 4 N–H and O–H groups in total. The number of rotatable bonds is 8. The van der Waals surface area contributed by atoms with Crippen molar-refractivity contribution < 1.29 is 21.2 Å². The first kappa shape index (κ1) is 18.0. The first-order chi connectivity index (χ1) is 9.72. The molecule has 1 rings (SSSR count). The van der Waals surface area contributed by atoms with E-state index in [9.17, 15) is 21.2 Å². The monoisotopic (exact) mass is 339 g/mol. The van der Waals surface area contributed by atoms with Crippen LogP contribution in [-0.2, 0) is 26.6 Å². The van der Waals surface area contributed by atoms with Gasteiger partial charge in [-0.15, -0.1) is 0 Å². The predicted molar refractivity (Wildman–Crippen MR) is 76.9 cm³/mol. The number of hydrogen-bond donors (Lipinski definition) is 3. The number of hydrogen-bond acceptors (Lipinski definition) is 5. The number of sulfonamides is 2. The summed E-state index contributed by atoms with van der Waals surface area (Å²) >= 11 is 0. The van der Waals surface area contributed by atoms with Gasteiger partial charge < -0.3 is 5.73 Å². The first-order valence-electron chi connectivity index (χ1n) is 6.17. The molecular weight excluding hydrogens is 321 g/mol. The second-order valence-corrected chi connectivity index (χ2v) is 7.87. The van der Waals surface area contributed by atoms with Gasteiger partial charge in [-0.3, -0.25) is 0 Å². The molecule has 0 amide bonds. The van der Waals surface area contributed by atoms with Crippen molar-refractivity contribution in [3.8, 4) is 0 Å². The van der Waals surface area contributed by atoms with Crippen molar-refractivity contribution in [1.29, 1.82) is 0 Å². The summed E-state index contributed by atoms with van der Waals surface area (Å²) in [6.45, 7) is 1.43. The highest BCUT2D eigenvalue weighted by molar-refractivity contribution is 7.90. The highest BCUT2D eigenvalue weighted by atomic mass is 32.2. The summed E-state index contributed by atoms with van der Waals surface area (Å²) in [5.41, 5.74) is 5.38. The molecule has 1 aromatic rings. The van der Waals surface area contributed by atoms with Crippen LogP contribution in [0.5, 0.6) is 0 Å². The molecule has 0 unspecified atom stereocenters. The summed E-state index contributed by atoms with van der Waals surface area (Å²) in [7, 11) is -7.42. The van der Waals surface area contributed by atoms with Crippen LogP contribution in [-0.4, -0.2) is 35.7 Å². The van der Waals surface area contributed by atoms with E-state index >= 15 is 0 Å². The highest BCUT2D eigenvalue weighted by Gasteiger charge is 2.17. The number of halogens is 1. The molecule has 0 aliphatic carbocycles. The van der Waals surface area contributed by atoms with Crippen molar-refractivity contribution in [2.24, 2.45) is 5.73 Å². The molecular formula is C11H18FN3O4S2. The Morgan fingerprint density at radius 3 is 2.43 bits per heavy atom. The van der Waals surface area contributed by atoms with Crippen molar-refractivity contribution in [3.63, 3.8) is 0 Å². The zero-order valence-electron chi connectivity index (χ0n) is 11.5. The maximum atomic E-state index is 13.3. The average molecular weight is 339 g/mol. The van der Waals surface area contributed by atoms with Crippen LogP contribution in [0, 0.1) is 5.82 Å². The van der Waals surface area contributed by atoms with Crippen LogP contribution in [0.15, 0.2) is 23.1 Å². The topological polar surface area (TPSA) is 118 Å². The second kappa shape index (κ2) is 7.27. The van der Waals surface area contributed by atoms with Gasteiger partial charge in [-0.2, -0.15) is 0 Å². The van der Waals surface area contributed by atoms with Crippen molar-refractivity contribution >= 4 is 20.0 Å². The Morgan fingerprint density at radius 1 is 1.19 bits per heavy atom. The SMILES string of the molecule is CCNS(=O)(=O)CCNS(=O)(=O)c1ccc(F)c(CN)c1. The van der Waals surface area contributed by atoms with E-state index in [4.69, 9.17) is 5.73 Å². The first-order valence-corrected chi connectivity index (χ1v) is 9.31. The van der Waals surface area contributed by atoms with E-state index < -0.39 is 25.9 Å². The predicted octanol–water partition coefficient (Wildman–Crippen LogP) is -0.498. The Kier molecular flexibility index (Phi) is 6.23. The number of nitrogens with one attached hydrogen (secondary N) is 2. The van der Waals surface area contributed by atoms with Gasteiger partial charge in [-0.25, -0.2) is 30.7 Å². The van der Waals surface area contributed by atoms with Gasteiger partial charge in [-0.1, -0.05) is 6.92 Å². The molecule has 120 valence electrons. The Bertz CT molecular complexity index is 689. The van der Waals surface area contributed by atoms with Crippen LogP contribution in [0.4, 0.5) is 4.39 Å². The van der Waals surface area contributed by atoms with Crippen LogP contribution in [0.2, 0.25) is 0 Å². The van der Waals surface area contributed by atoms with Crippen LogP contribution < -0.4 is 15.2 Å². The average Bonchev–Trinajstić information content (AvgIpc) is 2.38. The molecule has 0 aliphatic heterocycles. The van der Waals surface area contributed by atoms with E-state index in [1.807, 2.05) is 0 Å². The molecule has 0 aliphatic rings. The third kappa shape index (κ3) is 5.32. The van der Waals surface area contributed by atoms with Gasteiger partial charge in [0.25, 0.3) is 0 Å². The molecule has 0 aromatic heterocycles. The second-order valence-electron chi connectivity index (χ2n) is 4.17. The van der Waals surface area contributed by atoms with E-state index in [1.165, 1.54) is 0 Å². The van der Waals surface area contributed by atoms with Crippen LogP contribution >= 0.6 is 0 Å². The molecule has 0 spiro atoms. The smallest absolute Gasteiger partial charge is 0.240 e. The Balaban J connectivity index is 2.79. The van der Waals surface area contributed by atoms with E-state index in [-0.39, 0.29) is 35.8 Å². The van der Waals surface area contributed by atoms with Gasteiger partial charge in [0.1, 0.15) is 5.82 Å². The van der Waals surface area contributed by atoms with Gasteiger partial charge in [-0.05, 0) is 18.2 Å². The number of benzene rings is 1. The maximum absolute atomic E-state index is 13.3. The van der Waals surface area contributed by atoms with Crippen LogP contribution in [0.1, 0.15) is 12.5 Å². The summed E-state index contributed by atoms with van der Waals surface area (Å²) in [4.78, 5) is -0.162. The standard InChI is InChI=1S/C11H18FN3O4S2/c1-2-14-20(16,17)6-5-15-21(18,19)10-3-4-11(12)9(7-10)8-13/h3-4,7,14-15H,2,5-6,8,13H2,1H3. The lowest BCUT2D eigenvalue weighted by Crippen LogP contribution is -2.34. The third-order valence-corrected chi connectivity index (χ3v) is 5.50. The normalized spacial score (nSPS) is 12.5. The lowest BCUT2D eigenvalue weighted by molar-refractivity contribution is 0.575. The van der Waals surface area contributed by atoms with Gasteiger partial charge >= 0.3 is 0 Å². The zero-order chi connectivity index (χ0) is 16.1. The minimum absolute atomic E-state index is 0.0677. The fraction of sp³-hybridized carbons (Fsp3) is 0.455. The molecule has 1 aromatic carbocycles. The summed E-state index contributed by atoms with van der Waals surface area (Å²) in [6, 6.07) is 3.22. The number of nitrogens with two attached hydrogens (primary N) is 1. The molecule has 0 heterocycles.